The zero-order chi connectivity index (χ0) is 24.4. The Morgan fingerprint density at radius 2 is 1.25 bits per heavy atom. The summed E-state index contributed by atoms with van der Waals surface area (Å²) in [4.78, 5) is 0. The van der Waals surface area contributed by atoms with Crippen molar-refractivity contribution in [1.82, 2.24) is 0 Å². The average molecular weight is 473 g/mol. The summed E-state index contributed by atoms with van der Waals surface area (Å²) in [6.45, 7) is 11.1. The molecule has 0 bridgehead atoms. The maximum absolute atomic E-state index is 11.7. The van der Waals surface area contributed by atoms with Crippen LogP contribution in [-0.4, -0.2) is 45.3 Å². The second-order valence-electron chi connectivity index (χ2n) is 8.35. The minimum atomic E-state index is -3.57. The summed E-state index contributed by atoms with van der Waals surface area (Å²) in [5.74, 6) is 0. The lowest BCUT2D eigenvalue weighted by Gasteiger charge is -2.16. The molecule has 1 atom stereocenters. The van der Waals surface area contributed by atoms with E-state index >= 15 is 0 Å². The summed E-state index contributed by atoms with van der Waals surface area (Å²) in [7, 11) is -1.12. The van der Waals surface area contributed by atoms with Crippen molar-refractivity contribution in [3.63, 3.8) is 0 Å². The molecule has 0 aliphatic carbocycles. The molecular formula is C25H45O6P. The van der Waals surface area contributed by atoms with Gasteiger partial charge in [0.15, 0.2) is 0 Å². The fraction of sp³-hybridized carbons (Fsp3) is 0.680. The Morgan fingerprint density at radius 3 is 1.72 bits per heavy atom. The van der Waals surface area contributed by atoms with E-state index in [1.54, 1.807) is 0 Å². The Kier molecular flexibility index (Phi) is 17.8. The third kappa shape index (κ3) is 17.5. The zero-order valence-electron chi connectivity index (χ0n) is 21.2. The summed E-state index contributed by atoms with van der Waals surface area (Å²) >= 11 is 0. The topological polar surface area (TPSA) is 74.2 Å². The van der Waals surface area contributed by atoms with E-state index in [-0.39, 0.29) is 13.2 Å². The van der Waals surface area contributed by atoms with Gasteiger partial charge < -0.3 is 9.84 Å². The van der Waals surface area contributed by atoms with Crippen LogP contribution in [0.2, 0.25) is 0 Å². The number of ether oxygens (including phenoxy) is 1. The first-order valence-corrected chi connectivity index (χ1v) is 12.8. The number of allylic oxidation sites excluding steroid dienone is 7. The molecule has 1 N–H and O–H groups in total. The van der Waals surface area contributed by atoms with Gasteiger partial charge in [0.05, 0.1) is 19.8 Å². The number of aliphatic hydroxyl groups excluding tert-OH is 1. The largest absolute Gasteiger partial charge is 0.474 e. The molecule has 0 spiro atoms. The van der Waals surface area contributed by atoms with Crippen molar-refractivity contribution in [3.8, 4) is 0 Å². The number of aliphatic hydroxyl groups is 1. The number of phosphoric acid groups is 1. The van der Waals surface area contributed by atoms with Crippen molar-refractivity contribution in [3.05, 3.63) is 46.6 Å². The molecule has 6 nitrogen and oxygen atoms in total. The second kappa shape index (κ2) is 18.4. The van der Waals surface area contributed by atoms with Crippen molar-refractivity contribution in [2.75, 3.05) is 34.0 Å². The minimum absolute atomic E-state index is 0.0808. The van der Waals surface area contributed by atoms with Crippen LogP contribution in [0.1, 0.15) is 73.1 Å². The highest BCUT2D eigenvalue weighted by Crippen LogP contribution is 2.47. The highest BCUT2D eigenvalue weighted by Gasteiger charge is 2.24. The van der Waals surface area contributed by atoms with Crippen molar-refractivity contribution in [2.24, 2.45) is 0 Å². The summed E-state index contributed by atoms with van der Waals surface area (Å²) in [6, 6.07) is 0. The smallest absolute Gasteiger partial charge is 0.388 e. The highest BCUT2D eigenvalue weighted by atomic mass is 31.2. The minimum Gasteiger partial charge on any atom is -0.388 e. The molecule has 0 heterocycles. The van der Waals surface area contributed by atoms with Crippen molar-refractivity contribution >= 4 is 7.82 Å². The van der Waals surface area contributed by atoms with Crippen LogP contribution in [0.15, 0.2) is 46.6 Å². The highest BCUT2D eigenvalue weighted by molar-refractivity contribution is 7.48. The molecule has 0 rings (SSSR count). The standard InChI is InChI=1S/C25H45O6P/c1-21(2)11-8-12-22(3)13-9-14-23(4)15-10-16-24(5)17-18-30-19-25(26)20-31-32(27,28-6)29-7/h11,13,15,17,25-26H,8-10,12,14,16,18-20H2,1-7H3/b22-13+,23-15+,24-17+/t25-/m0/s1. The van der Waals surface area contributed by atoms with Gasteiger partial charge in [-0.2, -0.15) is 0 Å². The van der Waals surface area contributed by atoms with Gasteiger partial charge in [0.2, 0.25) is 0 Å². The predicted molar refractivity (Wildman–Crippen MR) is 133 cm³/mol. The van der Waals surface area contributed by atoms with Crippen molar-refractivity contribution in [2.45, 2.75) is 79.2 Å². The number of hydrogen-bond donors (Lipinski definition) is 1. The van der Waals surface area contributed by atoms with Gasteiger partial charge in [-0.1, -0.05) is 46.6 Å². The molecule has 0 saturated heterocycles. The van der Waals surface area contributed by atoms with Crippen LogP contribution in [-0.2, 0) is 22.9 Å². The molecule has 0 aromatic carbocycles. The zero-order valence-corrected chi connectivity index (χ0v) is 22.1. The first-order chi connectivity index (χ1) is 15.1. The van der Waals surface area contributed by atoms with Gasteiger partial charge in [-0.05, 0) is 73.1 Å². The monoisotopic (exact) mass is 472 g/mol. The van der Waals surface area contributed by atoms with Crippen molar-refractivity contribution < 1.29 is 28.0 Å². The second-order valence-corrected chi connectivity index (χ2v) is 10.2. The Hall–Kier alpha value is -1.01. The number of rotatable bonds is 18. The average Bonchev–Trinajstić information content (AvgIpc) is 2.74. The van der Waals surface area contributed by atoms with Crippen LogP contribution < -0.4 is 0 Å². The van der Waals surface area contributed by atoms with Gasteiger partial charge in [-0.15, -0.1) is 0 Å². The van der Waals surface area contributed by atoms with Crippen LogP contribution in [0.4, 0.5) is 0 Å². The normalized spacial score (nSPS) is 14.6. The van der Waals surface area contributed by atoms with E-state index in [2.05, 4.69) is 61.9 Å². The molecular weight excluding hydrogens is 427 g/mol. The molecule has 0 aromatic heterocycles. The lowest BCUT2D eigenvalue weighted by atomic mass is 10.0. The Labute approximate surface area is 196 Å². The maximum Gasteiger partial charge on any atom is 0.474 e. The molecule has 0 aliphatic heterocycles. The van der Waals surface area contributed by atoms with Gasteiger partial charge in [0.1, 0.15) is 6.10 Å². The first-order valence-electron chi connectivity index (χ1n) is 11.3. The first kappa shape index (κ1) is 31.0. The van der Waals surface area contributed by atoms with Crippen LogP contribution in [0.5, 0.6) is 0 Å². The van der Waals surface area contributed by atoms with E-state index in [1.165, 1.54) is 36.5 Å². The van der Waals surface area contributed by atoms with E-state index < -0.39 is 13.9 Å². The van der Waals surface area contributed by atoms with Gasteiger partial charge in [-0.25, -0.2) is 4.57 Å². The lowest BCUT2D eigenvalue weighted by molar-refractivity contribution is 0.0106. The number of phosphoric ester groups is 1. The molecule has 0 amide bonds. The molecule has 0 saturated carbocycles. The third-order valence-corrected chi connectivity index (χ3v) is 6.25. The van der Waals surface area contributed by atoms with Crippen molar-refractivity contribution in [1.29, 1.82) is 0 Å². The van der Waals surface area contributed by atoms with Crippen LogP contribution in [0.3, 0.4) is 0 Å². The van der Waals surface area contributed by atoms with E-state index in [1.807, 2.05) is 6.08 Å². The molecule has 32 heavy (non-hydrogen) atoms. The number of hydrogen-bond acceptors (Lipinski definition) is 6. The molecule has 0 unspecified atom stereocenters. The molecule has 0 fully saturated rings. The molecule has 0 aromatic rings. The molecule has 186 valence electrons. The summed E-state index contributed by atoms with van der Waals surface area (Å²) < 4.78 is 31.4. The van der Waals surface area contributed by atoms with Crippen LogP contribution in [0.25, 0.3) is 0 Å². The van der Waals surface area contributed by atoms with Gasteiger partial charge in [-0.3, -0.25) is 13.6 Å². The van der Waals surface area contributed by atoms with E-state index in [4.69, 9.17) is 9.26 Å². The molecule has 0 aliphatic rings. The Balaban J connectivity index is 4.04. The van der Waals surface area contributed by atoms with E-state index in [0.717, 1.165) is 38.5 Å². The fourth-order valence-corrected chi connectivity index (χ4v) is 3.51. The summed E-state index contributed by atoms with van der Waals surface area (Å²) in [5, 5.41) is 9.82. The third-order valence-electron chi connectivity index (χ3n) is 4.89. The van der Waals surface area contributed by atoms with Crippen LogP contribution in [0, 0.1) is 0 Å². The Morgan fingerprint density at radius 1 is 0.781 bits per heavy atom. The van der Waals surface area contributed by atoms with Gasteiger partial charge in [0.25, 0.3) is 0 Å². The van der Waals surface area contributed by atoms with E-state index in [9.17, 15) is 9.67 Å². The predicted octanol–water partition coefficient (Wildman–Crippen LogP) is 6.93. The summed E-state index contributed by atoms with van der Waals surface area (Å²) in [5.41, 5.74) is 5.53. The Bertz CT molecular complexity index is 666. The SMILES string of the molecule is COP(=O)(OC)OC[C@@H](O)COC/C=C(\C)CC/C=C(\C)CC/C=C(\C)CCC=C(C)C. The van der Waals surface area contributed by atoms with Gasteiger partial charge >= 0.3 is 7.82 Å². The van der Waals surface area contributed by atoms with Gasteiger partial charge in [0, 0.05) is 14.2 Å². The lowest BCUT2D eigenvalue weighted by Crippen LogP contribution is -2.21. The maximum atomic E-state index is 11.7. The van der Waals surface area contributed by atoms with Crippen LogP contribution >= 0.6 is 7.82 Å². The fourth-order valence-electron chi connectivity index (χ4n) is 2.80. The molecule has 0 radical (unpaired) electrons. The quantitative estimate of drug-likeness (QED) is 0.132. The van der Waals surface area contributed by atoms with E-state index in [0.29, 0.717) is 6.61 Å². The molecule has 7 heteroatoms. The summed E-state index contributed by atoms with van der Waals surface area (Å²) in [6.07, 6.45) is 14.6.